The highest BCUT2D eigenvalue weighted by molar-refractivity contribution is 5.84. The fourth-order valence-electron chi connectivity index (χ4n) is 1.63. The summed E-state index contributed by atoms with van der Waals surface area (Å²) in [5.74, 6) is -1.24. The van der Waals surface area contributed by atoms with Crippen molar-refractivity contribution in [3.05, 3.63) is 41.7 Å². The van der Waals surface area contributed by atoms with Crippen LogP contribution in [0, 0.1) is 5.82 Å². The average Bonchev–Trinajstić information content (AvgIpc) is 2.87. The van der Waals surface area contributed by atoms with Crippen molar-refractivity contribution < 1.29 is 19.0 Å². The first-order valence-corrected chi connectivity index (χ1v) is 5.50. The number of benzene rings is 1. The van der Waals surface area contributed by atoms with E-state index in [1.165, 1.54) is 43.2 Å². The summed E-state index contributed by atoms with van der Waals surface area (Å²) in [4.78, 5) is 15.0. The molecule has 1 aromatic heterocycles. The van der Waals surface area contributed by atoms with E-state index in [0.29, 0.717) is 11.3 Å². The summed E-state index contributed by atoms with van der Waals surface area (Å²) in [7, 11) is 1.22. The molecule has 1 atom stereocenters. The molecule has 0 aliphatic carbocycles. The molecular weight excluding hydrogens is 253 g/mol. The second-order valence-electron chi connectivity index (χ2n) is 3.88. The Morgan fingerprint density at radius 2 is 2.26 bits per heavy atom. The van der Waals surface area contributed by atoms with Gasteiger partial charge in [0, 0.05) is 5.56 Å². The minimum atomic E-state index is -0.878. The Morgan fingerprint density at radius 3 is 2.89 bits per heavy atom. The van der Waals surface area contributed by atoms with Crippen LogP contribution < -0.4 is 0 Å². The Bertz CT molecular complexity index is 610. The SMILES string of the molecule is COC(=O)c1ncn(-c2ccc(F)cc2[C@H](C)O)n1. The van der Waals surface area contributed by atoms with E-state index in [1.807, 2.05) is 0 Å². The Hall–Kier alpha value is -2.28. The van der Waals surface area contributed by atoms with Crippen molar-refractivity contribution in [2.75, 3.05) is 7.11 Å². The van der Waals surface area contributed by atoms with Crippen molar-refractivity contribution >= 4 is 5.97 Å². The minimum Gasteiger partial charge on any atom is -0.463 e. The van der Waals surface area contributed by atoms with E-state index in [9.17, 15) is 14.3 Å². The number of rotatable bonds is 3. The van der Waals surface area contributed by atoms with Gasteiger partial charge in [0.25, 0.3) is 5.82 Å². The highest BCUT2D eigenvalue weighted by Crippen LogP contribution is 2.22. The first kappa shape index (κ1) is 13.2. The zero-order valence-electron chi connectivity index (χ0n) is 10.4. The molecule has 7 heteroatoms. The molecule has 2 rings (SSSR count). The second-order valence-corrected chi connectivity index (χ2v) is 3.88. The molecule has 0 amide bonds. The van der Waals surface area contributed by atoms with E-state index >= 15 is 0 Å². The van der Waals surface area contributed by atoms with Crippen LogP contribution in [0.4, 0.5) is 4.39 Å². The quantitative estimate of drug-likeness (QED) is 0.845. The fourth-order valence-corrected chi connectivity index (χ4v) is 1.63. The molecule has 0 aliphatic rings. The number of methoxy groups -OCH3 is 1. The molecule has 0 aliphatic heterocycles. The van der Waals surface area contributed by atoms with Crippen molar-refractivity contribution in [2.45, 2.75) is 13.0 Å². The van der Waals surface area contributed by atoms with Crippen molar-refractivity contribution in [3.63, 3.8) is 0 Å². The van der Waals surface area contributed by atoms with Gasteiger partial charge in [-0.25, -0.2) is 18.9 Å². The Kier molecular flexibility index (Phi) is 3.57. The van der Waals surface area contributed by atoms with Gasteiger partial charge in [-0.2, -0.15) is 0 Å². The van der Waals surface area contributed by atoms with Crippen molar-refractivity contribution in [2.24, 2.45) is 0 Å². The van der Waals surface area contributed by atoms with Crippen LogP contribution in [0.1, 0.15) is 29.2 Å². The summed E-state index contributed by atoms with van der Waals surface area (Å²) >= 11 is 0. The van der Waals surface area contributed by atoms with E-state index in [1.54, 1.807) is 0 Å². The first-order chi connectivity index (χ1) is 9.02. The number of carbonyl (C=O) groups is 1. The van der Waals surface area contributed by atoms with Crippen molar-refractivity contribution in [1.29, 1.82) is 0 Å². The summed E-state index contributed by atoms with van der Waals surface area (Å²) in [5.41, 5.74) is 0.792. The van der Waals surface area contributed by atoms with Gasteiger partial charge in [-0.05, 0) is 25.1 Å². The predicted molar refractivity (Wildman–Crippen MR) is 63.3 cm³/mol. The number of aliphatic hydroxyl groups excluding tert-OH is 1. The minimum absolute atomic E-state index is 0.108. The lowest BCUT2D eigenvalue weighted by molar-refractivity contribution is 0.0587. The van der Waals surface area contributed by atoms with Crippen LogP contribution in [0.2, 0.25) is 0 Å². The van der Waals surface area contributed by atoms with Crippen LogP contribution in [0.3, 0.4) is 0 Å². The Balaban J connectivity index is 2.47. The van der Waals surface area contributed by atoms with Gasteiger partial charge in [-0.15, -0.1) is 5.10 Å². The van der Waals surface area contributed by atoms with Crippen LogP contribution in [-0.2, 0) is 4.74 Å². The number of nitrogens with zero attached hydrogens (tertiary/aromatic N) is 3. The number of aromatic nitrogens is 3. The molecule has 0 bridgehead atoms. The van der Waals surface area contributed by atoms with Gasteiger partial charge in [-0.3, -0.25) is 0 Å². The number of hydrogen-bond donors (Lipinski definition) is 1. The maximum Gasteiger partial charge on any atom is 0.377 e. The number of carbonyl (C=O) groups excluding carboxylic acids is 1. The summed E-state index contributed by atoms with van der Waals surface area (Å²) in [5, 5.41) is 13.6. The van der Waals surface area contributed by atoms with Gasteiger partial charge in [-0.1, -0.05) is 0 Å². The first-order valence-electron chi connectivity index (χ1n) is 5.50. The molecule has 0 saturated heterocycles. The third-order valence-corrected chi connectivity index (χ3v) is 2.55. The number of hydrogen-bond acceptors (Lipinski definition) is 5. The zero-order chi connectivity index (χ0) is 14.0. The van der Waals surface area contributed by atoms with Gasteiger partial charge < -0.3 is 9.84 Å². The van der Waals surface area contributed by atoms with Crippen molar-refractivity contribution in [3.8, 4) is 5.69 Å². The maximum atomic E-state index is 13.2. The highest BCUT2D eigenvalue weighted by Gasteiger charge is 2.16. The molecule has 6 nitrogen and oxygen atoms in total. The van der Waals surface area contributed by atoms with Gasteiger partial charge in [0.2, 0.25) is 0 Å². The van der Waals surface area contributed by atoms with Crippen LogP contribution in [0.15, 0.2) is 24.5 Å². The number of aliphatic hydroxyl groups is 1. The largest absolute Gasteiger partial charge is 0.463 e. The molecule has 1 aromatic carbocycles. The van der Waals surface area contributed by atoms with Gasteiger partial charge in [0.1, 0.15) is 12.1 Å². The molecule has 2 aromatic rings. The molecule has 19 heavy (non-hydrogen) atoms. The molecule has 0 fully saturated rings. The van der Waals surface area contributed by atoms with Crippen LogP contribution in [0.25, 0.3) is 5.69 Å². The van der Waals surface area contributed by atoms with Gasteiger partial charge in [0.15, 0.2) is 0 Å². The van der Waals surface area contributed by atoms with E-state index < -0.39 is 17.9 Å². The molecule has 100 valence electrons. The van der Waals surface area contributed by atoms with E-state index in [-0.39, 0.29) is 5.82 Å². The van der Waals surface area contributed by atoms with Crippen LogP contribution in [-0.4, -0.2) is 33.0 Å². The van der Waals surface area contributed by atoms with E-state index in [4.69, 9.17) is 0 Å². The standard InChI is InChI=1S/C12H12FN3O3/c1-7(17)9-5-8(13)3-4-10(9)16-6-14-11(15-16)12(18)19-2/h3-7,17H,1-2H3/t7-/m0/s1. The molecule has 0 spiro atoms. The molecular formula is C12H12FN3O3. The summed E-state index contributed by atoms with van der Waals surface area (Å²) in [6, 6.07) is 3.90. The number of esters is 1. The fraction of sp³-hybridized carbons (Fsp3) is 0.250. The van der Waals surface area contributed by atoms with E-state index in [0.717, 1.165) is 0 Å². The van der Waals surface area contributed by atoms with Gasteiger partial charge >= 0.3 is 5.97 Å². The lowest BCUT2D eigenvalue weighted by Crippen LogP contribution is -2.07. The van der Waals surface area contributed by atoms with Crippen molar-refractivity contribution in [1.82, 2.24) is 14.8 Å². The topological polar surface area (TPSA) is 77.2 Å². The second kappa shape index (κ2) is 5.15. The monoisotopic (exact) mass is 265 g/mol. The van der Waals surface area contributed by atoms with E-state index in [2.05, 4.69) is 14.8 Å². The van der Waals surface area contributed by atoms with Gasteiger partial charge in [0.05, 0.1) is 18.9 Å². The molecule has 0 radical (unpaired) electrons. The Morgan fingerprint density at radius 1 is 1.53 bits per heavy atom. The zero-order valence-corrected chi connectivity index (χ0v) is 10.4. The molecule has 0 unspecified atom stereocenters. The lowest BCUT2D eigenvalue weighted by Gasteiger charge is -2.11. The number of halogens is 1. The average molecular weight is 265 g/mol. The third-order valence-electron chi connectivity index (χ3n) is 2.55. The van der Waals surface area contributed by atoms with Crippen LogP contribution >= 0.6 is 0 Å². The molecule has 1 N–H and O–H groups in total. The Labute approximate surface area is 108 Å². The number of ether oxygens (including phenoxy) is 1. The lowest BCUT2D eigenvalue weighted by atomic mass is 10.1. The summed E-state index contributed by atoms with van der Waals surface area (Å²) in [6.07, 6.45) is 0.419. The highest BCUT2D eigenvalue weighted by atomic mass is 19.1. The normalized spacial score (nSPS) is 12.2. The van der Waals surface area contributed by atoms with Crippen LogP contribution in [0.5, 0.6) is 0 Å². The smallest absolute Gasteiger partial charge is 0.377 e. The predicted octanol–water partition coefficient (Wildman–Crippen LogP) is 1.25. The maximum absolute atomic E-state index is 13.2. The molecule has 0 saturated carbocycles. The molecule has 1 heterocycles. The summed E-state index contributed by atoms with van der Waals surface area (Å²) < 4.78 is 19.0. The third kappa shape index (κ3) is 2.60. The summed E-state index contributed by atoms with van der Waals surface area (Å²) in [6.45, 7) is 1.51.